The predicted molar refractivity (Wildman–Crippen MR) is 139 cm³/mol. The van der Waals surface area contributed by atoms with E-state index in [1.807, 2.05) is 31.2 Å². The van der Waals surface area contributed by atoms with E-state index in [2.05, 4.69) is 10.5 Å². The summed E-state index contributed by atoms with van der Waals surface area (Å²) < 4.78 is 29.8. The van der Waals surface area contributed by atoms with Gasteiger partial charge in [0.1, 0.15) is 5.69 Å². The van der Waals surface area contributed by atoms with Crippen LogP contribution in [0.3, 0.4) is 0 Å². The summed E-state index contributed by atoms with van der Waals surface area (Å²) in [6.45, 7) is 4.08. The molecule has 4 aromatic rings. The molecule has 0 amide bonds. The van der Waals surface area contributed by atoms with E-state index >= 15 is 0 Å². The Bertz CT molecular complexity index is 1490. The van der Waals surface area contributed by atoms with Crippen molar-refractivity contribution >= 4 is 27.9 Å². The summed E-state index contributed by atoms with van der Waals surface area (Å²) in [5.74, 6) is -0.375. The molecule has 0 radical (unpaired) electrons. The third kappa shape index (κ3) is 5.85. The zero-order valence-electron chi connectivity index (χ0n) is 19.8. The predicted octanol–water partition coefficient (Wildman–Crippen LogP) is 4.12. The Kier molecular flexibility index (Phi) is 7.28. The Balaban J connectivity index is 1.61. The summed E-state index contributed by atoms with van der Waals surface area (Å²) in [6.07, 6.45) is 3.45. The topological polar surface area (TPSA) is 129 Å². The molecule has 10 heteroatoms. The fourth-order valence-electron chi connectivity index (χ4n) is 3.41. The molecule has 0 bridgehead atoms. The lowest BCUT2D eigenvalue weighted by atomic mass is 10.1. The molecule has 0 spiro atoms. The second kappa shape index (κ2) is 10.5. The number of hydrogen-bond donors (Lipinski definition) is 2. The van der Waals surface area contributed by atoms with Gasteiger partial charge in [-0.2, -0.15) is 10.2 Å². The highest BCUT2D eigenvalue weighted by atomic mass is 32.2. The van der Waals surface area contributed by atoms with Crippen molar-refractivity contribution in [2.24, 2.45) is 10.2 Å². The summed E-state index contributed by atoms with van der Waals surface area (Å²) in [5, 5.41) is 14.3. The smallest absolute Gasteiger partial charge is 0.338 e. The second-order valence-electron chi connectivity index (χ2n) is 7.95. The van der Waals surface area contributed by atoms with E-state index in [9.17, 15) is 13.2 Å². The molecule has 0 aliphatic carbocycles. The number of nitrogens with one attached hydrogen (secondary N) is 1. The average molecular weight is 504 g/mol. The molecule has 1 aromatic heterocycles. The molecule has 9 nitrogen and oxygen atoms in total. The molecular formula is C26H25N5O4S. The lowest BCUT2D eigenvalue weighted by molar-refractivity contribution is 0.0526. The summed E-state index contributed by atoms with van der Waals surface area (Å²) >= 11 is 0. The first-order valence-electron chi connectivity index (χ1n) is 11.1. The minimum Gasteiger partial charge on any atom is -0.462 e. The first-order chi connectivity index (χ1) is 17.2. The van der Waals surface area contributed by atoms with E-state index in [-0.39, 0.29) is 10.9 Å². The SMILES string of the molecule is CCOC(=O)c1ccc(N/N=C/c2cn(-c3ccc(S(N)(=O)=O)cc3)nc2-c2ccc(C)cc2)cc1. The van der Waals surface area contributed by atoms with Crippen LogP contribution in [0.1, 0.15) is 28.4 Å². The van der Waals surface area contributed by atoms with Gasteiger partial charge in [-0.15, -0.1) is 0 Å². The first-order valence-corrected chi connectivity index (χ1v) is 12.7. The molecule has 0 aliphatic rings. The Morgan fingerprint density at radius 3 is 2.33 bits per heavy atom. The number of benzene rings is 3. The minimum absolute atomic E-state index is 0.0251. The van der Waals surface area contributed by atoms with Crippen LogP contribution < -0.4 is 10.6 Å². The van der Waals surface area contributed by atoms with Crippen LogP contribution in [0.4, 0.5) is 5.69 Å². The van der Waals surface area contributed by atoms with Gasteiger partial charge in [0.25, 0.3) is 0 Å². The van der Waals surface area contributed by atoms with Crippen LogP contribution in [-0.4, -0.2) is 37.0 Å². The number of hydrazone groups is 1. The highest BCUT2D eigenvalue weighted by Gasteiger charge is 2.13. The average Bonchev–Trinajstić information content (AvgIpc) is 3.29. The highest BCUT2D eigenvalue weighted by Crippen LogP contribution is 2.24. The van der Waals surface area contributed by atoms with Gasteiger partial charge < -0.3 is 4.74 Å². The van der Waals surface area contributed by atoms with Gasteiger partial charge in [0, 0.05) is 17.3 Å². The molecule has 0 aliphatic heterocycles. The van der Waals surface area contributed by atoms with Crippen molar-refractivity contribution < 1.29 is 17.9 Å². The molecule has 4 rings (SSSR count). The van der Waals surface area contributed by atoms with E-state index in [1.54, 1.807) is 60.4 Å². The fraction of sp³-hybridized carbons (Fsp3) is 0.115. The number of primary sulfonamides is 1. The summed E-state index contributed by atoms with van der Waals surface area (Å²) in [4.78, 5) is 11.8. The third-order valence-corrected chi connectivity index (χ3v) is 6.22. The Hall–Kier alpha value is -4.28. The van der Waals surface area contributed by atoms with Crippen LogP contribution in [0.15, 0.2) is 89.0 Å². The number of nitrogens with two attached hydrogens (primary N) is 1. The molecule has 0 fully saturated rings. The fourth-order valence-corrected chi connectivity index (χ4v) is 3.93. The van der Waals surface area contributed by atoms with Crippen LogP contribution in [0.5, 0.6) is 0 Å². The number of nitrogens with zero attached hydrogens (tertiary/aromatic N) is 3. The van der Waals surface area contributed by atoms with Crippen LogP contribution in [0.2, 0.25) is 0 Å². The zero-order valence-corrected chi connectivity index (χ0v) is 20.6. The molecule has 0 atom stereocenters. The number of carbonyl (C=O) groups excluding carboxylic acids is 1. The van der Waals surface area contributed by atoms with E-state index in [4.69, 9.17) is 15.0 Å². The van der Waals surface area contributed by atoms with Gasteiger partial charge in [-0.05, 0) is 62.4 Å². The number of esters is 1. The molecule has 0 unspecified atom stereocenters. The number of rotatable bonds is 8. The molecule has 3 N–H and O–H groups in total. The molecule has 184 valence electrons. The number of anilines is 1. The Labute approximate surface area is 209 Å². The Morgan fingerprint density at radius 2 is 1.72 bits per heavy atom. The molecule has 0 saturated heterocycles. The van der Waals surface area contributed by atoms with Crippen molar-refractivity contribution in [3.8, 4) is 16.9 Å². The standard InChI is InChI=1S/C26H25N5O4S/c1-3-35-26(32)20-8-10-22(11-9-20)29-28-16-21-17-31(23-12-14-24(15-13-23)36(27,33)34)30-25(21)19-6-4-18(2)5-7-19/h4-17,29H,3H2,1-2H3,(H2,27,33,34)/b28-16+. The normalized spacial score (nSPS) is 11.5. The van der Waals surface area contributed by atoms with E-state index < -0.39 is 10.0 Å². The Morgan fingerprint density at radius 1 is 1.06 bits per heavy atom. The van der Waals surface area contributed by atoms with Gasteiger partial charge in [0.15, 0.2) is 0 Å². The minimum atomic E-state index is -3.79. The maximum atomic E-state index is 11.8. The van der Waals surface area contributed by atoms with Gasteiger partial charge in [-0.3, -0.25) is 5.43 Å². The van der Waals surface area contributed by atoms with Crippen LogP contribution in [0.25, 0.3) is 16.9 Å². The largest absolute Gasteiger partial charge is 0.462 e. The highest BCUT2D eigenvalue weighted by molar-refractivity contribution is 7.89. The summed E-state index contributed by atoms with van der Waals surface area (Å²) in [5.41, 5.74) is 8.25. The van der Waals surface area contributed by atoms with E-state index in [0.717, 1.165) is 16.7 Å². The quantitative estimate of drug-likeness (QED) is 0.211. The number of aryl methyl sites for hydroxylation is 1. The van der Waals surface area contributed by atoms with Gasteiger partial charge >= 0.3 is 5.97 Å². The summed E-state index contributed by atoms with van der Waals surface area (Å²) in [6, 6.07) is 20.9. The zero-order chi connectivity index (χ0) is 25.7. The first kappa shape index (κ1) is 24.8. The van der Waals surface area contributed by atoms with Crippen molar-refractivity contribution in [3.05, 3.63) is 95.7 Å². The third-order valence-electron chi connectivity index (χ3n) is 5.29. The molecule has 3 aromatic carbocycles. The molecular weight excluding hydrogens is 478 g/mol. The van der Waals surface area contributed by atoms with Gasteiger partial charge in [0.05, 0.1) is 34.7 Å². The number of ether oxygens (including phenoxy) is 1. The lowest BCUT2D eigenvalue weighted by Gasteiger charge is -2.03. The van der Waals surface area contributed by atoms with Crippen molar-refractivity contribution in [3.63, 3.8) is 0 Å². The number of aromatic nitrogens is 2. The molecule has 36 heavy (non-hydrogen) atoms. The van der Waals surface area contributed by atoms with Gasteiger partial charge in [-0.1, -0.05) is 29.8 Å². The van der Waals surface area contributed by atoms with Crippen molar-refractivity contribution in [1.82, 2.24) is 9.78 Å². The van der Waals surface area contributed by atoms with Gasteiger partial charge in [-0.25, -0.2) is 23.0 Å². The van der Waals surface area contributed by atoms with Crippen LogP contribution >= 0.6 is 0 Å². The molecule has 0 saturated carbocycles. The molecule has 1 heterocycles. The van der Waals surface area contributed by atoms with Crippen molar-refractivity contribution in [2.45, 2.75) is 18.7 Å². The van der Waals surface area contributed by atoms with Crippen molar-refractivity contribution in [2.75, 3.05) is 12.0 Å². The second-order valence-corrected chi connectivity index (χ2v) is 9.51. The monoisotopic (exact) mass is 503 g/mol. The van der Waals surface area contributed by atoms with E-state index in [1.165, 1.54) is 12.1 Å². The lowest BCUT2D eigenvalue weighted by Crippen LogP contribution is -2.12. The van der Waals surface area contributed by atoms with Crippen molar-refractivity contribution in [1.29, 1.82) is 0 Å². The van der Waals surface area contributed by atoms with Crippen LogP contribution in [0, 0.1) is 6.92 Å². The summed E-state index contributed by atoms with van der Waals surface area (Å²) in [7, 11) is -3.79. The number of carbonyl (C=O) groups is 1. The maximum absolute atomic E-state index is 11.8. The van der Waals surface area contributed by atoms with Crippen LogP contribution in [-0.2, 0) is 14.8 Å². The number of sulfonamides is 1. The van der Waals surface area contributed by atoms with Gasteiger partial charge in [0.2, 0.25) is 10.0 Å². The van der Waals surface area contributed by atoms with E-state index in [0.29, 0.717) is 29.2 Å². The number of hydrogen-bond acceptors (Lipinski definition) is 7. The maximum Gasteiger partial charge on any atom is 0.338 e.